The van der Waals surface area contributed by atoms with E-state index >= 15 is 0 Å². The number of nitrogens with one attached hydrogen (secondary N) is 1. The highest BCUT2D eigenvalue weighted by atomic mass is 16.6. The van der Waals surface area contributed by atoms with Gasteiger partial charge in [0.2, 0.25) is 0 Å². The summed E-state index contributed by atoms with van der Waals surface area (Å²) in [6.45, 7) is 0.572. The van der Waals surface area contributed by atoms with Gasteiger partial charge in [0, 0.05) is 24.1 Å². The molecule has 0 radical (unpaired) electrons. The molecule has 0 saturated heterocycles. The molecule has 9 heteroatoms. The van der Waals surface area contributed by atoms with Crippen molar-refractivity contribution in [3.63, 3.8) is 0 Å². The minimum absolute atomic E-state index is 0.0200. The lowest BCUT2D eigenvalue weighted by Gasteiger charge is -2.24. The number of hydrogen-bond donors (Lipinski definition) is 2. The lowest BCUT2D eigenvalue weighted by Crippen LogP contribution is -2.26. The molecule has 144 valence electrons. The Kier molecular flexibility index (Phi) is 5.46. The molecule has 0 spiro atoms. The van der Waals surface area contributed by atoms with Gasteiger partial charge in [-0.3, -0.25) is 14.9 Å². The molecule has 0 aliphatic heterocycles. The number of primary amides is 1. The van der Waals surface area contributed by atoms with Crippen LogP contribution in [0.25, 0.3) is 10.9 Å². The first kappa shape index (κ1) is 19.2. The number of carbonyl (C=O) groups excluding carboxylic acids is 1. The Balaban J connectivity index is 2.05. The number of nitro groups is 1. The van der Waals surface area contributed by atoms with Crippen molar-refractivity contribution in [2.75, 3.05) is 26.0 Å². The fraction of sp³-hybridized carbons (Fsp3) is 0.211. The van der Waals surface area contributed by atoms with E-state index in [9.17, 15) is 14.9 Å². The molecule has 1 amide bonds. The number of anilines is 1. The number of aromatic nitrogens is 2. The number of fused-ring (bicyclic) bond motifs is 1. The Morgan fingerprint density at radius 3 is 2.68 bits per heavy atom. The van der Waals surface area contributed by atoms with Gasteiger partial charge in [-0.25, -0.2) is 9.97 Å². The summed E-state index contributed by atoms with van der Waals surface area (Å²) in [5.74, 6) is -0.0507. The van der Waals surface area contributed by atoms with Crippen molar-refractivity contribution in [3.05, 3.63) is 70.0 Å². The molecule has 1 heterocycles. The van der Waals surface area contributed by atoms with E-state index in [1.54, 1.807) is 30.3 Å². The number of nitro benzene ring substituents is 1. The summed E-state index contributed by atoms with van der Waals surface area (Å²) in [5.41, 5.74) is 6.98. The summed E-state index contributed by atoms with van der Waals surface area (Å²) >= 11 is 0. The van der Waals surface area contributed by atoms with Crippen molar-refractivity contribution < 1.29 is 9.72 Å². The first-order valence-corrected chi connectivity index (χ1v) is 8.56. The molecule has 28 heavy (non-hydrogen) atoms. The van der Waals surface area contributed by atoms with E-state index in [2.05, 4.69) is 15.3 Å². The molecule has 2 aromatic carbocycles. The van der Waals surface area contributed by atoms with Gasteiger partial charge in [0.15, 0.2) is 0 Å². The molecule has 0 aliphatic rings. The fourth-order valence-corrected chi connectivity index (χ4v) is 3.02. The number of likely N-dealkylation sites (N-methyl/N-ethyl adjacent to an activating group) is 1. The normalized spacial score (nSPS) is 12.1. The number of rotatable bonds is 7. The van der Waals surface area contributed by atoms with E-state index in [4.69, 9.17) is 5.73 Å². The van der Waals surface area contributed by atoms with E-state index in [0.29, 0.717) is 28.8 Å². The van der Waals surface area contributed by atoms with Gasteiger partial charge in [-0.1, -0.05) is 18.2 Å². The Morgan fingerprint density at radius 2 is 2.00 bits per heavy atom. The van der Waals surface area contributed by atoms with Crippen molar-refractivity contribution >= 4 is 28.3 Å². The van der Waals surface area contributed by atoms with E-state index in [-0.39, 0.29) is 11.7 Å². The van der Waals surface area contributed by atoms with Crippen LogP contribution < -0.4 is 11.1 Å². The summed E-state index contributed by atoms with van der Waals surface area (Å²) in [6, 6.07) is 11.3. The summed E-state index contributed by atoms with van der Waals surface area (Å²) in [6.07, 6.45) is 1.36. The standard InChI is InChI=1S/C19H20N6O3/c1-24(2)10-16(12-5-3-6-13(9-12)25(27)28)23-19-15-8-4-7-14(18(20)26)17(15)21-11-22-19/h3-9,11,16H,10H2,1-2H3,(H2,20,26)(H,21,22,23). The Hall–Kier alpha value is -3.59. The first-order chi connectivity index (χ1) is 13.4. The molecule has 3 aromatic rings. The highest BCUT2D eigenvalue weighted by Gasteiger charge is 2.19. The molecule has 0 aliphatic carbocycles. The van der Waals surface area contributed by atoms with Crippen LogP contribution in [0.15, 0.2) is 48.8 Å². The topological polar surface area (TPSA) is 127 Å². The van der Waals surface area contributed by atoms with Crippen LogP contribution in [0.1, 0.15) is 22.0 Å². The Bertz CT molecular complexity index is 1040. The average Bonchev–Trinajstić information content (AvgIpc) is 2.67. The number of nitrogens with zero attached hydrogens (tertiary/aromatic N) is 4. The second-order valence-corrected chi connectivity index (χ2v) is 6.60. The summed E-state index contributed by atoms with van der Waals surface area (Å²) < 4.78 is 0. The largest absolute Gasteiger partial charge is 0.366 e. The molecule has 1 aromatic heterocycles. The highest BCUT2D eigenvalue weighted by molar-refractivity contribution is 6.06. The van der Waals surface area contributed by atoms with Crippen molar-refractivity contribution in [1.82, 2.24) is 14.9 Å². The number of non-ortho nitro benzene ring substituents is 1. The van der Waals surface area contributed by atoms with Crippen molar-refractivity contribution in [1.29, 1.82) is 0 Å². The number of hydrogen-bond acceptors (Lipinski definition) is 7. The van der Waals surface area contributed by atoms with E-state index in [1.165, 1.54) is 12.4 Å². The zero-order valence-electron chi connectivity index (χ0n) is 15.5. The van der Waals surface area contributed by atoms with Gasteiger partial charge < -0.3 is 16.0 Å². The quantitative estimate of drug-likeness (QED) is 0.476. The van der Waals surface area contributed by atoms with Gasteiger partial charge >= 0.3 is 0 Å². The van der Waals surface area contributed by atoms with E-state index < -0.39 is 10.8 Å². The molecule has 3 rings (SSSR count). The third-order valence-corrected chi connectivity index (χ3v) is 4.27. The molecule has 0 bridgehead atoms. The Labute approximate surface area is 161 Å². The number of amides is 1. The molecule has 1 atom stereocenters. The summed E-state index contributed by atoms with van der Waals surface area (Å²) in [4.78, 5) is 32.9. The Morgan fingerprint density at radius 1 is 1.25 bits per heavy atom. The van der Waals surface area contributed by atoms with Crippen LogP contribution >= 0.6 is 0 Å². The van der Waals surface area contributed by atoms with Crippen molar-refractivity contribution in [2.24, 2.45) is 5.73 Å². The number of benzene rings is 2. The van der Waals surface area contributed by atoms with E-state index in [0.717, 1.165) is 5.56 Å². The molecule has 3 N–H and O–H groups in total. The first-order valence-electron chi connectivity index (χ1n) is 8.56. The number of nitrogens with two attached hydrogens (primary N) is 1. The molecular weight excluding hydrogens is 360 g/mol. The van der Waals surface area contributed by atoms with Crippen LogP contribution in [0, 0.1) is 10.1 Å². The minimum atomic E-state index is -0.571. The predicted molar refractivity (Wildman–Crippen MR) is 106 cm³/mol. The zero-order valence-corrected chi connectivity index (χ0v) is 15.5. The zero-order chi connectivity index (χ0) is 20.3. The molecule has 9 nitrogen and oxygen atoms in total. The van der Waals surface area contributed by atoms with Crippen LogP contribution in [0.4, 0.5) is 11.5 Å². The third-order valence-electron chi connectivity index (χ3n) is 4.27. The number of para-hydroxylation sites is 1. The van der Waals surface area contributed by atoms with Crippen LogP contribution in [-0.4, -0.2) is 46.3 Å². The van der Waals surface area contributed by atoms with Gasteiger partial charge in [-0.2, -0.15) is 0 Å². The van der Waals surface area contributed by atoms with Crippen LogP contribution in [-0.2, 0) is 0 Å². The molecular formula is C19H20N6O3. The molecule has 0 fully saturated rings. The van der Waals surface area contributed by atoms with Crippen LogP contribution in [0.3, 0.4) is 0 Å². The second kappa shape index (κ2) is 7.97. The summed E-state index contributed by atoms with van der Waals surface area (Å²) in [7, 11) is 3.82. The fourth-order valence-electron chi connectivity index (χ4n) is 3.02. The maximum Gasteiger partial charge on any atom is 0.269 e. The third kappa shape index (κ3) is 4.04. The van der Waals surface area contributed by atoms with E-state index in [1.807, 2.05) is 25.1 Å². The average molecular weight is 380 g/mol. The van der Waals surface area contributed by atoms with Gasteiger partial charge in [0.25, 0.3) is 11.6 Å². The van der Waals surface area contributed by atoms with Crippen molar-refractivity contribution in [2.45, 2.75) is 6.04 Å². The van der Waals surface area contributed by atoms with Gasteiger partial charge in [-0.05, 0) is 31.8 Å². The second-order valence-electron chi connectivity index (χ2n) is 6.60. The van der Waals surface area contributed by atoms with Crippen LogP contribution in [0.2, 0.25) is 0 Å². The summed E-state index contributed by atoms with van der Waals surface area (Å²) in [5, 5.41) is 15.1. The van der Waals surface area contributed by atoms with Crippen LogP contribution in [0.5, 0.6) is 0 Å². The van der Waals surface area contributed by atoms with Gasteiger partial charge in [0.05, 0.1) is 22.0 Å². The smallest absolute Gasteiger partial charge is 0.269 e. The van der Waals surface area contributed by atoms with Crippen molar-refractivity contribution in [3.8, 4) is 0 Å². The maximum atomic E-state index is 11.7. The van der Waals surface area contributed by atoms with Gasteiger partial charge in [-0.15, -0.1) is 0 Å². The highest BCUT2D eigenvalue weighted by Crippen LogP contribution is 2.27. The monoisotopic (exact) mass is 380 g/mol. The number of carbonyl (C=O) groups is 1. The lowest BCUT2D eigenvalue weighted by atomic mass is 10.0. The predicted octanol–water partition coefficient (Wildman–Crippen LogP) is 2.35. The SMILES string of the molecule is CN(C)CC(Nc1ncnc2c(C(N)=O)cccc12)c1cccc([N+](=O)[O-])c1. The molecule has 0 saturated carbocycles. The minimum Gasteiger partial charge on any atom is -0.366 e. The lowest BCUT2D eigenvalue weighted by molar-refractivity contribution is -0.384. The maximum absolute atomic E-state index is 11.7. The molecule has 1 unspecified atom stereocenters. The van der Waals surface area contributed by atoms with Gasteiger partial charge in [0.1, 0.15) is 12.1 Å².